The number of nitrogens with two attached hydrogens (primary N) is 1. The Balaban J connectivity index is 2.11. The first-order chi connectivity index (χ1) is 6.80. The number of aryl methyl sites for hydroxylation is 1. The normalized spacial score (nSPS) is 22.9. The standard InChI is InChI=1S/C12H15NS/c13-12(6-7-12)10-5-1-3-9-4-2-8-14-11(9)10/h1,3,5H,2,4,6-8,13H2. The minimum absolute atomic E-state index is 0.0374. The van der Waals surface area contributed by atoms with Gasteiger partial charge in [-0.25, -0.2) is 0 Å². The van der Waals surface area contributed by atoms with E-state index < -0.39 is 0 Å². The Morgan fingerprint density at radius 2 is 2.14 bits per heavy atom. The van der Waals surface area contributed by atoms with Gasteiger partial charge in [0.05, 0.1) is 0 Å². The molecule has 1 saturated carbocycles. The maximum absolute atomic E-state index is 6.28. The first kappa shape index (κ1) is 8.81. The van der Waals surface area contributed by atoms with Crippen LogP contribution in [0.15, 0.2) is 23.1 Å². The Kier molecular flexibility index (Phi) is 1.89. The first-order valence-corrected chi connectivity index (χ1v) is 6.32. The summed E-state index contributed by atoms with van der Waals surface area (Å²) in [7, 11) is 0. The molecule has 2 N–H and O–H groups in total. The van der Waals surface area contributed by atoms with Crippen molar-refractivity contribution >= 4 is 11.8 Å². The van der Waals surface area contributed by atoms with Crippen molar-refractivity contribution in [1.29, 1.82) is 0 Å². The largest absolute Gasteiger partial charge is 0.321 e. The van der Waals surface area contributed by atoms with Crippen molar-refractivity contribution in [3.8, 4) is 0 Å². The summed E-state index contributed by atoms with van der Waals surface area (Å²) in [4.78, 5) is 1.50. The SMILES string of the molecule is NC1(c2cccc3c2SCCC3)CC1. The predicted octanol–water partition coefficient (Wildman–Crippen LogP) is 2.67. The van der Waals surface area contributed by atoms with Gasteiger partial charge in [0.1, 0.15) is 0 Å². The van der Waals surface area contributed by atoms with Gasteiger partial charge in [0.2, 0.25) is 0 Å². The third-order valence-corrected chi connectivity index (χ3v) is 4.52. The molecule has 0 aromatic heterocycles. The first-order valence-electron chi connectivity index (χ1n) is 5.34. The summed E-state index contributed by atoms with van der Waals surface area (Å²) in [6, 6.07) is 6.66. The summed E-state index contributed by atoms with van der Waals surface area (Å²) in [5.74, 6) is 1.26. The molecule has 0 radical (unpaired) electrons. The third-order valence-electron chi connectivity index (χ3n) is 3.26. The fourth-order valence-electron chi connectivity index (χ4n) is 2.19. The summed E-state index contributed by atoms with van der Waals surface area (Å²) in [5, 5.41) is 0. The van der Waals surface area contributed by atoms with Crippen LogP contribution >= 0.6 is 11.8 Å². The van der Waals surface area contributed by atoms with E-state index in [1.54, 1.807) is 0 Å². The van der Waals surface area contributed by atoms with Crippen molar-refractivity contribution < 1.29 is 0 Å². The van der Waals surface area contributed by atoms with Crippen LogP contribution in [0.4, 0.5) is 0 Å². The second kappa shape index (κ2) is 3.01. The number of fused-ring (bicyclic) bond motifs is 1. The predicted molar refractivity (Wildman–Crippen MR) is 60.6 cm³/mol. The van der Waals surface area contributed by atoms with E-state index in [1.165, 1.54) is 47.5 Å². The van der Waals surface area contributed by atoms with Crippen LogP contribution in [0.2, 0.25) is 0 Å². The zero-order valence-corrected chi connectivity index (χ0v) is 9.07. The smallest absolute Gasteiger partial charge is 0.0422 e. The molecule has 2 aliphatic rings. The van der Waals surface area contributed by atoms with Gasteiger partial charge in [-0.05, 0) is 42.6 Å². The van der Waals surface area contributed by atoms with E-state index in [4.69, 9.17) is 5.73 Å². The number of hydrogen-bond donors (Lipinski definition) is 1. The summed E-state index contributed by atoms with van der Waals surface area (Å²) in [5.41, 5.74) is 9.26. The molecule has 14 heavy (non-hydrogen) atoms. The second-order valence-electron chi connectivity index (χ2n) is 4.40. The molecule has 0 amide bonds. The third kappa shape index (κ3) is 1.29. The van der Waals surface area contributed by atoms with E-state index in [-0.39, 0.29) is 5.54 Å². The molecule has 1 aromatic carbocycles. The number of rotatable bonds is 1. The van der Waals surface area contributed by atoms with Crippen LogP contribution in [0.1, 0.15) is 30.4 Å². The fourth-order valence-corrected chi connectivity index (χ4v) is 3.46. The van der Waals surface area contributed by atoms with Gasteiger partial charge in [-0.15, -0.1) is 11.8 Å². The molecule has 0 spiro atoms. The highest BCUT2D eigenvalue weighted by Gasteiger charge is 2.42. The second-order valence-corrected chi connectivity index (χ2v) is 5.51. The Bertz CT molecular complexity index is 369. The van der Waals surface area contributed by atoms with E-state index in [9.17, 15) is 0 Å². The van der Waals surface area contributed by atoms with Gasteiger partial charge in [0.25, 0.3) is 0 Å². The summed E-state index contributed by atoms with van der Waals surface area (Å²) < 4.78 is 0. The molecule has 2 heteroatoms. The number of thioether (sulfide) groups is 1. The monoisotopic (exact) mass is 205 g/mol. The van der Waals surface area contributed by atoms with Crippen molar-refractivity contribution in [3.05, 3.63) is 29.3 Å². The molecule has 0 saturated heterocycles. The van der Waals surface area contributed by atoms with Gasteiger partial charge in [-0.1, -0.05) is 18.2 Å². The Morgan fingerprint density at radius 3 is 2.93 bits per heavy atom. The zero-order valence-electron chi connectivity index (χ0n) is 8.25. The minimum atomic E-state index is 0.0374. The highest BCUT2D eigenvalue weighted by atomic mass is 32.2. The van der Waals surface area contributed by atoms with Crippen molar-refractivity contribution in [1.82, 2.24) is 0 Å². The molecule has 1 aliphatic heterocycles. The molecular formula is C12H15NS. The maximum Gasteiger partial charge on any atom is 0.0422 e. The molecule has 74 valence electrons. The highest BCUT2D eigenvalue weighted by Crippen LogP contribution is 2.48. The van der Waals surface area contributed by atoms with Crippen molar-refractivity contribution in [2.45, 2.75) is 36.1 Å². The molecule has 1 heterocycles. The van der Waals surface area contributed by atoms with Gasteiger partial charge in [-0.3, -0.25) is 0 Å². The molecule has 1 fully saturated rings. The summed E-state index contributed by atoms with van der Waals surface area (Å²) in [6.45, 7) is 0. The van der Waals surface area contributed by atoms with E-state index in [2.05, 4.69) is 18.2 Å². The average molecular weight is 205 g/mol. The molecule has 0 bridgehead atoms. The fraction of sp³-hybridized carbons (Fsp3) is 0.500. The minimum Gasteiger partial charge on any atom is -0.321 e. The van der Waals surface area contributed by atoms with Gasteiger partial charge in [0, 0.05) is 10.4 Å². The van der Waals surface area contributed by atoms with E-state index in [1.807, 2.05) is 11.8 Å². The Hall–Kier alpha value is -0.470. The molecule has 3 rings (SSSR count). The average Bonchev–Trinajstić information content (AvgIpc) is 2.97. The lowest BCUT2D eigenvalue weighted by Gasteiger charge is -2.21. The van der Waals surface area contributed by atoms with Gasteiger partial charge in [0.15, 0.2) is 0 Å². The lowest BCUT2D eigenvalue weighted by Crippen LogP contribution is -2.21. The van der Waals surface area contributed by atoms with Crippen LogP contribution in [0.3, 0.4) is 0 Å². The molecular weight excluding hydrogens is 190 g/mol. The molecule has 1 aromatic rings. The highest BCUT2D eigenvalue weighted by molar-refractivity contribution is 7.99. The number of hydrogen-bond acceptors (Lipinski definition) is 2. The van der Waals surface area contributed by atoms with Crippen LogP contribution in [0.5, 0.6) is 0 Å². The van der Waals surface area contributed by atoms with Crippen molar-refractivity contribution in [2.75, 3.05) is 5.75 Å². The van der Waals surface area contributed by atoms with Gasteiger partial charge < -0.3 is 5.73 Å². The summed E-state index contributed by atoms with van der Waals surface area (Å²) >= 11 is 2.00. The molecule has 0 unspecified atom stereocenters. The van der Waals surface area contributed by atoms with Crippen molar-refractivity contribution in [2.24, 2.45) is 5.73 Å². The van der Waals surface area contributed by atoms with Crippen LogP contribution in [-0.4, -0.2) is 5.75 Å². The van der Waals surface area contributed by atoms with E-state index >= 15 is 0 Å². The Labute approximate surface area is 89.1 Å². The van der Waals surface area contributed by atoms with Gasteiger partial charge in [-0.2, -0.15) is 0 Å². The topological polar surface area (TPSA) is 26.0 Å². The number of benzene rings is 1. The van der Waals surface area contributed by atoms with Crippen molar-refractivity contribution in [3.63, 3.8) is 0 Å². The lowest BCUT2D eigenvalue weighted by atomic mass is 10.00. The van der Waals surface area contributed by atoms with Crippen LogP contribution in [-0.2, 0) is 12.0 Å². The van der Waals surface area contributed by atoms with E-state index in [0.29, 0.717) is 0 Å². The van der Waals surface area contributed by atoms with Crippen LogP contribution < -0.4 is 5.73 Å². The van der Waals surface area contributed by atoms with Gasteiger partial charge >= 0.3 is 0 Å². The molecule has 0 atom stereocenters. The maximum atomic E-state index is 6.28. The molecule has 1 aliphatic carbocycles. The van der Waals surface area contributed by atoms with Crippen LogP contribution in [0, 0.1) is 0 Å². The van der Waals surface area contributed by atoms with Crippen LogP contribution in [0.25, 0.3) is 0 Å². The Morgan fingerprint density at radius 1 is 1.29 bits per heavy atom. The summed E-state index contributed by atoms with van der Waals surface area (Å²) in [6.07, 6.45) is 4.90. The zero-order chi connectivity index (χ0) is 9.60. The lowest BCUT2D eigenvalue weighted by molar-refractivity contribution is 0.711. The van der Waals surface area contributed by atoms with E-state index in [0.717, 1.165) is 0 Å². The molecule has 1 nitrogen and oxygen atoms in total. The quantitative estimate of drug-likeness (QED) is 0.763.